The lowest BCUT2D eigenvalue weighted by Crippen LogP contribution is -2.39. The van der Waals surface area contributed by atoms with Crippen molar-refractivity contribution in [3.63, 3.8) is 0 Å². The van der Waals surface area contributed by atoms with Gasteiger partial charge in [-0.05, 0) is 49.1 Å². The second-order valence-electron chi connectivity index (χ2n) is 7.26. The molecule has 1 saturated carbocycles. The molecule has 3 nitrogen and oxygen atoms in total. The van der Waals surface area contributed by atoms with E-state index in [4.69, 9.17) is 4.74 Å². The van der Waals surface area contributed by atoms with E-state index in [1.54, 1.807) is 0 Å². The molecule has 1 fully saturated rings. The number of amides is 1. The van der Waals surface area contributed by atoms with Crippen molar-refractivity contribution in [1.29, 1.82) is 0 Å². The Labute approximate surface area is 156 Å². The lowest BCUT2D eigenvalue weighted by Gasteiger charge is -2.30. The lowest BCUT2D eigenvalue weighted by atomic mass is 9.79. The van der Waals surface area contributed by atoms with Crippen molar-refractivity contribution in [3.8, 4) is 5.75 Å². The molecule has 0 unspecified atom stereocenters. The van der Waals surface area contributed by atoms with Gasteiger partial charge in [-0.2, -0.15) is 0 Å². The first-order valence-electron chi connectivity index (χ1n) is 9.80. The average Bonchev–Trinajstić information content (AvgIpc) is 3.18. The predicted octanol–water partition coefficient (Wildman–Crippen LogP) is 5.11. The number of unbranched alkanes of at least 4 members (excludes halogenated alkanes) is 1. The summed E-state index contributed by atoms with van der Waals surface area (Å²) in [6, 6.07) is 18.1. The quantitative estimate of drug-likeness (QED) is 0.671. The van der Waals surface area contributed by atoms with E-state index in [1.807, 2.05) is 24.3 Å². The fourth-order valence-corrected chi connectivity index (χ4v) is 3.80. The molecular weight excluding hydrogens is 322 g/mol. The van der Waals surface area contributed by atoms with E-state index in [1.165, 1.54) is 18.4 Å². The van der Waals surface area contributed by atoms with E-state index < -0.39 is 0 Å². The van der Waals surface area contributed by atoms with Gasteiger partial charge in [-0.3, -0.25) is 4.79 Å². The van der Waals surface area contributed by atoms with E-state index in [9.17, 15) is 4.79 Å². The molecule has 0 heterocycles. The van der Waals surface area contributed by atoms with Crippen LogP contribution < -0.4 is 10.1 Å². The van der Waals surface area contributed by atoms with Crippen LogP contribution in [0.5, 0.6) is 5.75 Å². The maximum Gasteiger partial charge on any atom is 0.251 e. The third-order valence-corrected chi connectivity index (χ3v) is 5.42. The fourth-order valence-electron chi connectivity index (χ4n) is 3.80. The Morgan fingerprint density at radius 2 is 1.73 bits per heavy atom. The van der Waals surface area contributed by atoms with Crippen LogP contribution in [-0.2, 0) is 5.41 Å². The molecule has 0 atom stereocenters. The molecule has 26 heavy (non-hydrogen) atoms. The standard InChI is InChI=1S/C23H29NO2/c1-2-3-17-26-21-13-11-19(12-14-21)22(25)24-18-23(15-7-8-16-23)20-9-5-4-6-10-20/h4-6,9-14H,2-3,7-8,15-18H2,1H3,(H,24,25). The molecule has 0 saturated heterocycles. The maximum absolute atomic E-state index is 12.6. The third kappa shape index (κ3) is 4.46. The molecule has 0 spiro atoms. The molecule has 1 N–H and O–H groups in total. The average molecular weight is 351 g/mol. The topological polar surface area (TPSA) is 38.3 Å². The molecule has 3 heteroatoms. The van der Waals surface area contributed by atoms with Crippen molar-refractivity contribution < 1.29 is 9.53 Å². The molecule has 0 aromatic heterocycles. The van der Waals surface area contributed by atoms with E-state index >= 15 is 0 Å². The first kappa shape index (κ1) is 18.5. The van der Waals surface area contributed by atoms with Crippen molar-refractivity contribution in [2.45, 2.75) is 50.9 Å². The Morgan fingerprint density at radius 1 is 1.04 bits per heavy atom. The summed E-state index contributed by atoms with van der Waals surface area (Å²) in [6.45, 7) is 3.57. The van der Waals surface area contributed by atoms with Crippen LogP contribution in [-0.4, -0.2) is 19.1 Å². The molecule has 2 aromatic carbocycles. The van der Waals surface area contributed by atoms with Crippen molar-refractivity contribution in [2.24, 2.45) is 0 Å². The smallest absolute Gasteiger partial charge is 0.251 e. The molecule has 1 aliphatic rings. The van der Waals surface area contributed by atoms with Gasteiger partial charge in [0.05, 0.1) is 6.61 Å². The number of carbonyl (C=O) groups is 1. The molecular formula is C23H29NO2. The van der Waals surface area contributed by atoms with Gasteiger partial charge in [-0.15, -0.1) is 0 Å². The first-order valence-corrected chi connectivity index (χ1v) is 9.80. The van der Waals surface area contributed by atoms with E-state index in [-0.39, 0.29) is 11.3 Å². The highest BCUT2D eigenvalue weighted by molar-refractivity contribution is 5.94. The van der Waals surface area contributed by atoms with Gasteiger partial charge in [0.2, 0.25) is 0 Å². The van der Waals surface area contributed by atoms with Crippen LogP contribution in [0, 0.1) is 0 Å². The van der Waals surface area contributed by atoms with Gasteiger partial charge >= 0.3 is 0 Å². The molecule has 3 rings (SSSR count). The minimum atomic E-state index is -0.00712. The van der Waals surface area contributed by atoms with E-state index in [0.717, 1.165) is 38.0 Å². The lowest BCUT2D eigenvalue weighted by molar-refractivity contribution is 0.0943. The van der Waals surface area contributed by atoms with Crippen LogP contribution in [0.15, 0.2) is 54.6 Å². The highest BCUT2D eigenvalue weighted by Gasteiger charge is 2.35. The van der Waals surface area contributed by atoms with Crippen LogP contribution >= 0.6 is 0 Å². The van der Waals surface area contributed by atoms with Gasteiger partial charge in [-0.25, -0.2) is 0 Å². The number of hydrogen-bond acceptors (Lipinski definition) is 2. The number of ether oxygens (including phenoxy) is 1. The number of benzene rings is 2. The van der Waals surface area contributed by atoms with Crippen molar-refractivity contribution in [2.75, 3.05) is 13.2 Å². The number of carbonyl (C=O) groups excluding carboxylic acids is 1. The Kier molecular flexibility index (Phi) is 6.32. The second-order valence-corrected chi connectivity index (χ2v) is 7.26. The Hall–Kier alpha value is -2.29. The van der Waals surface area contributed by atoms with Gasteiger partial charge < -0.3 is 10.1 Å². The summed E-state index contributed by atoms with van der Waals surface area (Å²) in [5.74, 6) is 0.818. The fraction of sp³-hybridized carbons (Fsp3) is 0.435. The molecule has 0 radical (unpaired) electrons. The minimum Gasteiger partial charge on any atom is -0.494 e. The normalized spacial score (nSPS) is 15.6. The summed E-state index contributed by atoms with van der Waals surface area (Å²) in [5, 5.41) is 3.17. The molecule has 1 aliphatic carbocycles. The van der Waals surface area contributed by atoms with Crippen LogP contribution in [0.4, 0.5) is 0 Å². The molecule has 2 aromatic rings. The van der Waals surface area contributed by atoms with Crippen molar-refractivity contribution in [1.82, 2.24) is 5.32 Å². The van der Waals surface area contributed by atoms with Gasteiger partial charge in [0.25, 0.3) is 5.91 Å². The zero-order valence-corrected chi connectivity index (χ0v) is 15.7. The largest absolute Gasteiger partial charge is 0.494 e. The molecule has 0 bridgehead atoms. The van der Waals surface area contributed by atoms with Crippen LogP contribution in [0.3, 0.4) is 0 Å². The van der Waals surface area contributed by atoms with Crippen LogP contribution in [0.1, 0.15) is 61.4 Å². The van der Waals surface area contributed by atoms with Gasteiger partial charge in [-0.1, -0.05) is 56.5 Å². The summed E-state index contributed by atoms with van der Waals surface area (Å²) in [5.41, 5.74) is 2.12. The summed E-state index contributed by atoms with van der Waals surface area (Å²) < 4.78 is 5.66. The summed E-state index contributed by atoms with van der Waals surface area (Å²) in [4.78, 5) is 12.6. The number of rotatable bonds is 8. The molecule has 138 valence electrons. The number of hydrogen-bond donors (Lipinski definition) is 1. The summed E-state index contributed by atoms with van der Waals surface area (Å²) >= 11 is 0. The Morgan fingerprint density at radius 3 is 2.38 bits per heavy atom. The van der Waals surface area contributed by atoms with E-state index in [0.29, 0.717) is 12.1 Å². The summed E-state index contributed by atoms with van der Waals surface area (Å²) in [7, 11) is 0. The van der Waals surface area contributed by atoms with Crippen LogP contribution in [0.25, 0.3) is 0 Å². The maximum atomic E-state index is 12.6. The second kappa shape index (κ2) is 8.88. The van der Waals surface area contributed by atoms with Gasteiger partial charge in [0.15, 0.2) is 0 Å². The Balaban J connectivity index is 1.60. The number of nitrogens with one attached hydrogen (secondary N) is 1. The molecule has 0 aliphatic heterocycles. The monoisotopic (exact) mass is 351 g/mol. The molecule has 1 amide bonds. The van der Waals surface area contributed by atoms with Crippen LogP contribution in [0.2, 0.25) is 0 Å². The highest BCUT2D eigenvalue weighted by Crippen LogP contribution is 2.40. The van der Waals surface area contributed by atoms with Crippen molar-refractivity contribution >= 4 is 5.91 Å². The van der Waals surface area contributed by atoms with E-state index in [2.05, 4.69) is 42.6 Å². The third-order valence-electron chi connectivity index (χ3n) is 5.42. The zero-order valence-electron chi connectivity index (χ0n) is 15.7. The SMILES string of the molecule is CCCCOc1ccc(C(=O)NCC2(c3ccccc3)CCCC2)cc1. The highest BCUT2D eigenvalue weighted by atomic mass is 16.5. The van der Waals surface area contributed by atoms with Gasteiger partial charge in [0, 0.05) is 17.5 Å². The zero-order chi connectivity index (χ0) is 18.2. The first-order chi connectivity index (χ1) is 12.7. The predicted molar refractivity (Wildman–Crippen MR) is 106 cm³/mol. The summed E-state index contributed by atoms with van der Waals surface area (Å²) in [6.07, 6.45) is 6.90. The van der Waals surface area contributed by atoms with Crippen molar-refractivity contribution in [3.05, 3.63) is 65.7 Å². The Bertz CT molecular complexity index is 688. The minimum absolute atomic E-state index is 0.00712. The van der Waals surface area contributed by atoms with Gasteiger partial charge in [0.1, 0.15) is 5.75 Å².